The summed E-state index contributed by atoms with van der Waals surface area (Å²) in [4.78, 5) is 9.30. The fourth-order valence-corrected chi connectivity index (χ4v) is 3.95. The number of halogens is 1. The molecule has 4 rings (SSSR count). The first kappa shape index (κ1) is 23.4. The Labute approximate surface area is 187 Å². The molecule has 166 valence electrons. The summed E-state index contributed by atoms with van der Waals surface area (Å²) in [6.07, 6.45) is 1.85. The molecule has 2 nitrogen and oxygen atoms in total. The Morgan fingerprint density at radius 3 is 1.71 bits per heavy atom. The second kappa shape index (κ2) is 9.46. The smallest absolute Gasteiger partial charge is 0.127 e. The predicted octanol–water partition coefficient (Wildman–Crippen LogP) is 8.33. The molecule has 2 heterocycles. The summed E-state index contributed by atoms with van der Waals surface area (Å²) >= 11 is 0. The van der Waals surface area contributed by atoms with Gasteiger partial charge in [0.05, 0.1) is 11.4 Å². The van der Waals surface area contributed by atoms with Crippen molar-refractivity contribution >= 4 is 22.8 Å². The molecular formula is C28H37FN2. The highest BCUT2D eigenvalue weighted by Gasteiger charge is 2.20. The summed E-state index contributed by atoms with van der Waals surface area (Å²) in [7, 11) is 0. The molecule has 2 aliphatic rings. The largest absolute Gasteiger partial charge is 0.257 e. The molecule has 2 aromatic rings. The van der Waals surface area contributed by atoms with Crippen molar-refractivity contribution in [2.75, 3.05) is 0 Å². The monoisotopic (exact) mass is 420 g/mol. The van der Waals surface area contributed by atoms with Crippen molar-refractivity contribution in [3.05, 3.63) is 58.4 Å². The van der Waals surface area contributed by atoms with Gasteiger partial charge < -0.3 is 0 Å². The highest BCUT2D eigenvalue weighted by molar-refractivity contribution is 5.96. The van der Waals surface area contributed by atoms with Gasteiger partial charge in [-0.3, -0.25) is 9.98 Å². The van der Waals surface area contributed by atoms with E-state index in [1.54, 1.807) is 6.07 Å². The maximum absolute atomic E-state index is 13.8. The summed E-state index contributed by atoms with van der Waals surface area (Å²) < 4.78 is 13.8. The Bertz CT molecular complexity index is 1010. The minimum Gasteiger partial charge on any atom is -0.257 e. The molecule has 0 bridgehead atoms. The number of benzene rings is 2. The van der Waals surface area contributed by atoms with Crippen LogP contribution in [0.25, 0.3) is 0 Å². The van der Waals surface area contributed by atoms with Crippen molar-refractivity contribution in [1.29, 1.82) is 0 Å². The van der Waals surface area contributed by atoms with E-state index in [2.05, 4.69) is 64.7 Å². The molecule has 3 heteroatoms. The Morgan fingerprint density at radius 1 is 0.645 bits per heavy atom. The van der Waals surface area contributed by atoms with Crippen LogP contribution in [0.4, 0.5) is 15.8 Å². The zero-order chi connectivity index (χ0) is 22.9. The summed E-state index contributed by atoms with van der Waals surface area (Å²) in [5.41, 5.74) is 9.24. The highest BCUT2D eigenvalue weighted by atomic mass is 19.1. The van der Waals surface area contributed by atoms with Gasteiger partial charge in [-0.05, 0) is 64.1 Å². The number of hydrogen-bond acceptors (Lipinski definition) is 2. The number of fused-ring (bicyclic) bond motifs is 2. The van der Waals surface area contributed by atoms with Crippen molar-refractivity contribution in [2.24, 2.45) is 21.8 Å². The van der Waals surface area contributed by atoms with Crippen LogP contribution in [0.3, 0.4) is 0 Å². The van der Waals surface area contributed by atoms with E-state index in [1.165, 1.54) is 22.5 Å². The maximum atomic E-state index is 13.8. The normalized spacial score (nSPS) is 14.6. The van der Waals surface area contributed by atoms with Crippen molar-refractivity contribution in [1.82, 2.24) is 0 Å². The standard InChI is InChI=1S/C14H18FN.C14H19N/c1-8(2)11-7-14-10(5-12(11)15)6-13(16-14)9(3)4;1-9(2)11-5-6-12-8-13(10(3)4)15-14(12)7-11/h5,7-9H,6H2,1-4H3;5-7,9-10H,8H2,1-4H3. The van der Waals surface area contributed by atoms with Crippen LogP contribution in [0.2, 0.25) is 0 Å². The Balaban J connectivity index is 0.000000176. The molecule has 0 radical (unpaired) electrons. The van der Waals surface area contributed by atoms with E-state index in [9.17, 15) is 4.39 Å². The van der Waals surface area contributed by atoms with Gasteiger partial charge in [0.15, 0.2) is 0 Å². The summed E-state index contributed by atoms with van der Waals surface area (Å²) in [5, 5.41) is 0. The molecule has 0 spiro atoms. The van der Waals surface area contributed by atoms with Gasteiger partial charge in [0.1, 0.15) is 5.82 Å². The van der Waals surface area contributed by atoms with Gasteiger partial charge in [0.25, 0.3) is 0 Å². The van der Waals surface area contributed by atoms with E-state index in [1.807, 2.05) is 19.9 Å². The summed E-state index contributed by atoms with van der Waals surface area (Å²) in [6.45, 7) is 17.2. The summed E-state index contributed by atoms with van der Waals surface area (Å²) in [5.74, 6) is 1.73. The fraction of sp³-hybridized carbons (Fsp3) is 0.500. The lowest BCUT2D eigenvalue weighted by molar-refractivity contribution is 0.597. The van der Waals surface area contributed by atoms with Crippen LogP contribution in [0.15, 0.2) is 40.3 Å². The second-order valence-corrected chi connectivity index (χ2v) is 10.1. The third-order valence-corrected chi connectivity index (χ3v) is 6.20. The van der Waals surface area contributed by atoms with E-state index in [4.69, 9.17) is 4.99 Å². The first-order valence-corrected chi connectivity index (χ1v) is 11.7. The van der Waals surface area contributed by atoms with Crippen molar-refractivity contribution < 1.29 is 4.39 Å². The van der Waals surface area contributed by atoms with Crippen LogP contribution in [-0.4, -0.2) is 11.4 Å². The first-order chi connectivity index (χ1) is 14.6. The molecule has 0 saturated carbocycles. The Kier molecular flexibility index (Phi) is 7.13. The Hall–Kier alpha value is -2.29. The lowest BCUT2D eigenvalue weighted by Crippen LogP contribution is -2.06. The highest BCUT2D eigenvalue weighted by Crippen LogP contribution is 2.34. The van der Waals surface area contributed by atoms with E-state index in [0.29, 0.717) is 17.8 Å². The molecule has 0 aromatic heterocycles. The predicted molar refractivity (Wildman–Crippen MR) is 132 cm³/mol. The molecule has 0 atom stereocenters. The topological polar surface area (TPSA) is 24.7 Å². The van der Waals surface area contributed by atoms with Gasteiger partial charge in [-0.1, -0.05) is 67.5 Å². The molecule has 0 saturated heterocycles. The van der Waals surface area contributed by atoms with Crippen molar-refractivity contribution in [3.8, 4) is 0 Å². The van der Waals surface area contributed by atoms with Crippen LogP contribution < -0.4 is 0 Å². The van der Waals surface area contributed by atoms with E-state index in [-0.39, 0.29) is 11.7 Å². The average molecular weight is 421 g/mol. The minimum atomic E-state index is -0.0889. The summed E-state index contributed by atoms with van der Waals surface area (Å²) in [6, 6.07) is 10.3. The number of rotatable bonds is 4. The molecule has 31 heavy (non-hydrogen) atoms. The molecular weight excluding hydrogens is 383 g/mol. The number of hydrogen-bond donors (Lipinski definition) is 0. The van der Waals surface area contributed by atoms with Crippen molar-refractivity contribution in [2.45, 2.75) is 80.1 Å². The molecule has 2 aliphatic heterocycles. The number of nitrogens with zero attached hydrogens (tertiary/aromatic N) is 2. The number of aliphatic imine (C=N–C) groups is 2. The molecule has 0 unspecified atom stereocenters. The third-order valence-electron chi connectivity index (χ3n) is 6.20. The molecule has 0 aliphatic carbocycles. The van der Waals surface area contributed by atoms with Crippen LogP contribution >= 0.6 is 0 Å². The van der Waals surface area contributed by atoms with Crippen LogP contribution in [0, 0.1) is 17.7 Å². The van der Waals surface area contributed by atoms with Gasteiger partial charge in [-0.25, -0.2) is 4.39 Å². The zero-order valence-corrected chi connectivity index (χ0v) is 20.4. The minimum absolute atomic E-state index is 0.0889. The van der Waals surface area contributed by atoms with Gasteiger partial charge in [0, 0.05) is 24.3 Å². The quantitative estimate of drug-likeness (QED) is 0.475. The van der Waals surface area contributed by atoms with Crippen LogP contribution in [0.5, 0.6) is 0 Å². The molecule has 2 aromatic carbocycles. The van der Waals surface area contributed by atoms with E-state index < -0.39 is 0 Å². The maximum Gasteiger partial charge on any atom is 0.127 e. The zero-order valence-electron chi connectivity index (χ0n) is 20.4. The fourth-order valence-electron chi connectivity index (χ4n) is 3.95. The lowest BCUT2D eigenvalue weighted by atomic mass is 9.97. The van der Waals surface area contributed by atoms with Crippen LogP contribution in [-0.2, 0) is 12.8 Å². The second-order valence-electron chi connectivity index (χ2n) is 10.1. The molecule has 0 amide bonds. The first-order valence-electron chi connectivity index (χ1n) is 11.7. The van der Waals surface area contributed by atoms with Gasteiger partial charge in [-0.15, -0.1) is 0 Å². The molecule has 0 N–H and O–H groups in total. The molecule has 0 fully saturated rings. The van der Waals surface area contributed by atoms with Gasteiger partial charge >= 0.3 is 0 Å². The van der Waals surface area contributed by atoms with Crippen molar-refractivity contribution in [3.63, 3.8) is 0 Å². The van der Waals surface area contributed by atoms with Crippen LogP contribution in [0.1, 0.15) is 89.5 Å². The Morgan fingerprint density at radius 2 is 1.19 bits per heavy atom. The third kappa shape index (κ3) is 5.31. The van der Waals surface area contributed by atoms with Gasteiger partial charge in [0.2, 0.25) is 0 Å². The lowest BCUT2D eigenvalue weighted by Gasteiger charge is -2.08. The SMILES string of the molecule is CC(C)C1=Nc2cc(C(C)C)c(F)cc2C1.CC(C)C1=Nc2cc(C(C)C)ccc2C1. The van der Waals surface area contributed by atoms with Gasteiger partial charge in [-0.2, -0.15) is 0 Å². The van der Waals surface area contributed by atoms with E-state index in [0.717, 1.165) is 35.4 Å². The average Bonchev–Trinajstić information content (AvgIpc) is 3.30. The van der Waals surface area contributed by atoms with E-state index >= 15 is 0 Å².